The van der Waals surface area contributed by atoms with Crippen molar-refractivity contribution < 1.29 is 19.2 Å². The SMILES string of the molecule is CCOc1cc([N+](=O)[O-])cc(C=Nc2cc(-c3nc4cc(C)ccc4o3)ccc2Cl)c1[O-]. The summed E-state index contributed by atoms with van der Waals surface area (Å²) in [6.07, 6.45) is 1.23. The fraction of sp³-hybridized carbons (Fsp3) is 0.130. The van der Waals surface area contributed by atoms with Crippen molar-refractivity contribution in [2.24, 2.45) is 4.99 Å². The van der Waals surface area contributed by atoms with Crippen molar-refractivity contribution in [2.45, 2.75) is 13.8 Å². The minimum atomic E-state index is -0.595. The van der Waals surface area contributed by atoms with Gasteiger partial charge in [0.25, 0.3) is 5.69 Å². The molecular weight excluding hydrogens is 434 g/mol. The van der Waals surface area contributed by atoms with Gasteiger partial charge in [-0.15, -0.1) is 0 Å². The highest BCUT2D eigenvalue weighted by atomic mass is 35.5. The highest BCUT2D eigenvalue weighted by Crippen LogP contribution is 2.34. The molecule has 1 aromatic heterocycles. The van der Waals surface area contributed by atoms with Gasteiger partial charge in [0.05, 0.1) is 28.3 Å². The van der Waals surface area contributed by atoms with Crippen molar-refractivity contribution >= 4 is 40.3 Å². The molecular formula is C23H17ClN3O5-. The van der Waals surface area contributed by atoms with Crippen LogP contribution in [-0.2, 0) is 0 Å². The van der Waals surface area contributed by atoms with Crippen LogP contribution in [0.2, 0.25) is 5.02 Å². The summed E-state index contributed by atoms with van der Waals surface area (Å²) in [4.78, 5) is 19.4. The Morgan fingerprint density at radius 2 is 2.03 bits per heavy atom. The Morgan fingerprint density at radius 1 is 1.22 bits per heavy atom. The van der Waals surface area contributed by atoms with Gasteiger partial charge in [0.15, 0.2) is 5.58 Å². The number of fused-ring (bicyclic) bond motifs is 1. The minimum Gasteiger partial charge on any atom is -0.870 e. The molecule has 162 valence electrons. The molecule has 3 aromatic carbocycles. The van der Waals surface area contributed by atoms with E-state index in [0.29, 0.717) is 27.7 Å². The van der Waals surface area contributed by atoms with E-state index in [4.69, 9.17) is 20.8 Å². The van der Waals surface area contributed by atoms with Crippen LogP contribution >= 0.6 is 11.6 Å². The molecule has 0 bridgehead atoms. The van der Waals surface area contributed by atoms with Gasteiger partial charge in [0, 0.05) is 17.8 Å². The molecule has 32 heavy (non-hydrogen) atoms. The molecule has 0 unspecified atom stereocenters. The van der Waals surface area contributed by atoms with Crippen molar-refractivity contribution in [1.29, 1.82) is 0 Å². The summed E-state index contributed by atoms with van der Waals surface area (Å²) in [7, 11) is 0. The molecule has 0 aliphatic heterocycles. The first-order valence-electron chi connectivity index (χ1n) is 9.69. The first-order chi connectivity index (χ1) is 15.4. The first kappa shape index (κ1) is 21.3. The molecule has 4 aromatic rings. The smallest absolute Gasteiger partial charge is 0.273 e. The van der Waals surface area contributed by atoms with Crippen LogP contribution in [0.1, 0.15) is 18.1 Å². The molecule has 9 heteroatoms. The topological polar surface area (TPSA) is 114 Å². The Kier molecular flexibility index (Phi) is 5.79. The van der Waals surface area contributed by atoms with Gasteiger partial charge in [0.1, 0.15) is 11.3 Å². The van der Waals surface area contributed by atoms with E-state index >= 15 is 0 Å². The zero-order valence-electron chi connectivity index (χ0n) is 17.2. The van der Waals surface area contributed by atoms with Gasteiger partial charge in [-0.05, 0) is 55.3 Å². The maximum absolute atomic E-state index is 12.6. The van der Waals surface area contributed by atoms with E-state index in [1.807, 2.05) is 25.1 Å². The fourth-order valence-corrected chi connectivity index (χ4v) is 3.28. The van der Waals surface area contributed by atoms with Gasteiger partial charge in [-0.2, -0.15) is 0 Å². The van der Waals surface area contributed by atoms with Crippen LogP contribution in [0.25, 0.3) is 22.6 Å². The maximum Gasteiger partial charge on any atom is 0.273 e. The number of ether oxygens (including phenoxy) is 1. The number of hydrogen-bond acceptors (Lipinski definition) is 7. The van der Waals surface area contributed by atoms with Gasteiger partial charge < -0.3 is 14.3 Å². The Labute approximate surface area is 187 Å². The number of benzene rings is 3. The number of nitro groups is 1. The molecule has 4 rings (SSSR count). The highest BCUT2D eigenvalue weighted by Gasteiger charge is 2.13. The number of hydrogen-bond donors (Lipinski definition) is 0. The van der Waals surface area contributed by atoms with Gasteiger partial charge in [-0.3, -0.25) is 15.1 Å². The number of nitrogens with zero attached hydrogens (tertiary/aromatic N) is 3. The van der Waals surface area contributed by atoms with Crippen LogP contribution in [0.5, 0.6) is 11.5 Å². The molecule has 1 heterocycles. The summed E-state index contributed by atoms with van der Waals surface area (Å²) in [6, 6.07) is 13.0. The number of nitro benzene ring substituents is 1. The number of aromatic nitrogens is 1. The lowest BCUT2D eigenvalue weighted by Gasteiger charge is -2.16. The highest BCUT2D eigenvalue weighted by molar-refractivity contribution is 6.33. The summed E-state index contributed by atoms with van der Waals surface area (Å²) in [6.45, 7) is 3.85. The molecule has 0 saturated carbocycles. The number of halogens is 1. The third kappa shape index (κ3) is 4.26. The summed E-state index contributed by atoms with van der Waals surface area (Å²) in [5.74, 6) is -0.204. The monoisotopic (exact) mass is 450 g/mol. The molecule has 0 aliphatic rings. The normalized spacial score (nSPS) is 11.3. The van der Waals surface area contributed by atoms with Gasteiger partial charge >= 0.3 is 0 Å². The van der Waals surface area contributed by atoms with E-state index in [1.54, 1.807) is 25.1 Å². The lowest BCUT2D eigenvalue weighted by Crippen LogP contribution is -2.04. The second-order valence-electron chi connectivity index (χ2n) is 6.97. The quantitative estimate of drug-likeness (QED) is 0.215. The van der Waals surface area contributed by atoms with E-state index in [9.17, 15) is 15.2 Å². The fourth-order valence-electron chi connectivity index (χ4n) is 3.12. The van der Waals surface area contributed by atoms with Crippen molar-refractivity contribution in [3.8, 4) is 23.0 Å². The van der Waals surface area contributed by atoms with Crippen molar-refractivity contribution in [3.05, 3.63) is 74.8 Å². The number of aryl methyl sites for hydroxylation is 1. The summed E-state index contributed by atoms with van der Waals surface area (Å²) in [5, 5.41) is 24.1. The standard InChI is InChI=1S/C23H18ClN3O5/c1-3-31-21-11-16(27(29)30)9-15(22(21)28)12-25-18-10-14(5-6-17(18)24)23-26-19-8-13(2)4-7-20(19)32-23/h4-12,28H,3H2,1-2H3/p-1. The average molecular weight is 451 g/mol. The van der Waals surface area contributed by atoms with Crippen LogP contribution in [0.15, 0.2) is 57.9 Å². The zero-order valence-corrected chi connectivity index (χ0v) is 17.9. The summed E-state index contributed by atoms with van der Waals surface area (Å²) in [5.41, 5.74) is 3.20. The molecule has 0 fully saturated rings. The Bertz CT molecular complexity index is 1360. The number of rotatable bonds is 6. The molecule has 0 radical (unpaired) electrons. The minimum absolute atomic E-state index is 0.0152. The van der Waals surface area contributed by atoms with E-state index in [1.165, 1.54) is 6.21 Å². The van der Waals surface area contributed by atoms with E-state index < -0.39 is 10.7 Å². The lowest BCUT2D eigenvalue weighted by atomic mass is 10.1. The molecule has 8 nitrogen and oxygen atoms in total. The van der Waals surface area contributed by atoms with Crippen LogP contribution in [-0.4, -0.2) is 22.7 Å². The predicted molar refractivity (Wildman–Crippen MR) is 120 cm³/mol. The van der Waals surface area contributed by atoms with Crippen LogP contribution in [0.3, 0.4) is 0 Å². The largest absolute Gasteiger partial charge is 0.870 e. The molecule has 0 aliphatic carbocycles. The third-order valence-corrected chi connectivity index (χ3v) is 4.98. The molecule has 0 N–H and O–H groups in total. The number of oxazole rings is 1. The molecule has 0 saturated heterocycles. The van der Waals surface area contributed by atoms with Crippen LogP contribution < -0.4 is 9.84 Å². The first-order valence-corrected chi connectivity index (χ1v) is 10.1. The maximum atomic E-state index is 12.6. The molecule has 0 amide bonds. The van der Waals surface area contributed by atoms with Gasteiger partial charge in [-0.1, -0.05) is 23.4 Å². The second-order valence-corrected chi connectivity index (χ2v) is 7.37. The Balaban J connectivity index is 1.72. The Morgan fingerprint density at radius 3 is 2.78 bits per heavy atom. The average Bonchev–Trinajstić information content (AvgIpc) is 3.18. The van der Waals surface area contributed by atoms with E-state index in [2.05, 4.69) is 9.98 Å². The zero-order chi connectivity index (χ0) is 22.8. The third-order valence-electron chi connectivity index (χ3n) is 4.66. The second kappa shape index (κ2) is 8.68. The van der Waals surface area contributed by atoms with Crippen molar-refractivity contribution in [2.75, 3.05) is 6.61 Å². The van der Waals surface area contributed by atoms with E-state index in [-0.39, 0.29) is 23.6 Å². The van der Waals surface area contributed by atoms with Crippen molar-refractivity contribution in [1.82, 2.24) is 4.98 Å². The lowest BCUT2D eigenvalue weighted by molar-refractivity contribution is -0.385. The van der Waals surface area contributed by atoms with Crippen molar-refractivity contribution in [3.63, 3.8) is 0 Å². The predicted octanol–water partition coefficient (Wildman–Crippen LogP) is 5.59. The summed E-state index contributed by atoms with van der Waals surface area (Å²) < 4.78 is 11.1. The molecule has 0 atom stereocenters. The number of aliphatic imine (C=N–C) groups is 1. The number of non-ortho nitro benzene ring substituents is 1. The van der Waals surface area contributed by atoms with Crippen LogP contribution in [0.4, 0.5) is 11.4 Å². The van der Waals surface area contributed by atoms with E-state index in [0.717, 1.165) is 23.2 Å². The summed E-state index contributed by atoms with van der Waals surface area (Å²) >= 11 is 6.28. The van der Waals surface area contributed by atoms with Gasteiger partial charge in [0.2, 0.25) is 5.89 Å². The van der Waals surface area contributed by atoms with Crippen LogP contribution in [0, 0.1) is 17.0 Å². The van der Waals surface area contributed by atoms with Gasteiger partial charge in [-0.25, -0.2) is 4.98 Å². The molecule has 0 spiro atoms. The Hall–Kier alpha value is -3.91.